The van der Waals surface area contributed by atoms with E-state index in [4.69, 9.17) is 0 Å². The molecule has 0 spiro atoms. The maximum absolute atomic E-state index is 3.61. The topological polar surface area (TPSA) is 12.0 Å². The standard InChI is InChI=1S/C12H15Br2N/c13-7-10(14)8-15-12-6-5-9-3-1-2-4-11(9)12/h1-4,10,12,15H,5-8H2/t10?,12-/m0/s1. The molecule has 0 amide bonds. The van der Waals surface area contributed by atoms with Gasteiger partial charge in [-0.15, -0.1) is 0 Å². The largest absolute Gasteiger partial charge is 0.309 e. The monoisotopic (exact) mass is 331 g/mol. The van der Waals surface area contributed by atoms with Gasteiger partial charge in [0, 0.05) is 22.7 Å². The molecule has 1 N–H and O–H groups in total. The number of nitrogens with one attached hydrogen (secondary N) is 1. The molecule has 1 aromatic rings. The van der Waals surface area contributed by atoms with Crippen molar-refractivity contribution >= 4 is 31.9 Å². The third-order valence-electron chi connectivity index (χ3n) is 2.89. The molecule has 1 nitrogen and oxygen atoms in total. The maximum Gasteiger partial charge on any atom is 0.0367 e. The maximum atomic E-state index is 3.61. The molecule has 0 heterocycles. The Bertz CT molecular complexity index is 327. The van der Waals surface area contributed by atoms with Gasteiger partial charge in [0.05, 0.1) is 0 Å². The SMILES string of the molecule is BrCC(Br)CN[C@H]1CCc2ccccc21. The van der Waals surface area contributed by atoms with Gasteiger partial charge in [-0.05, 0) is 24.0 Å². The van der Waals surface area contributed by atoms with E-state index in [1.54, 1.807) is 0 Å². The van der Waals surface area contributed by atoms with E-state index >= 15 is 0 Å². The van der Waals surface area contributed by atoms with Crippen molar-refractivity contribution in [1.82, 2.24) is 5.32 Å². The van der Waals surface area contributed by atoms with Gasteiger partial charge in [0.2, 0.25) is 0 Å². The minimum absolute atomic E-state index is 0.519. The summed E-state index contributed by atoms with van der Waals surface area (Å²) in [5.74, 6) is 0. The predicted octanol–water partition coefficient (Wildman–Crippen LogP) is 3.42. The first kappa shape index (κ1) is 11.6. The first-order valence-corrected chi connectivity index (χ1v) is 7.36. The highest BCUT2D eigenvalue weighted by Gasteiger charge is 2.21. The predicted molar refractivity (Wildman–Crippen MR) is 72.0 cm³/mol. The number of hydrogen-bond donors (Lipinski definition) is 1. The third kappa shape index (κ3) is 2.83. The second kappa shape index (κ2) is 5.46. The molecule has 1 aliphatic carbocycles. The normalized spacial score (nSPS) is 21.3. The van der Waals surface area contributed by atoms with Crippen LogP contribution in [0.25, 0.3) is 0 Å². The van der Waals surface area contributed by atoms with Gasteiger partial charge in [-0.1, -0.05) is 56.1 Å². The summed E-state index contributed by atoms with van der Waals surface area (Å²) >= 11 is 7.08. The van der Waals surface area contributed by atoms with Crippen LogP contribution in [0.3, 0.4) is 0 Å². The summed E-state index contributed by atoms with van der Waals surface area (Å²) in [6.45, 7) is 1.02. The fourth-order valence-electron chi connectivity index (χ4n) is 2.09. The van der Waals surface area contributed by atoms with Gasteiger partial charge >= 0.3 is 0 Å². The van der Waals surface area contributed by atoms with Gasteiger partial charge in [-0.3, -0.25) is 0 Å². The highest BCUT2D eigenvalue weighted by molar-refractivity contribution is 9.12. The van der Waals surface area contributed by atoms with E-state index in [9.17, 15) is 0 Å². The third-order valence-corrected chi connectivity index (χ3v) is 5.18. The lowest BCUT2D eigenvalue weighted by molar-refractivity contribution is 0.536. The van der Waals surface area contributed by atoms with E-state index in [1.165, 1.54) is 24.0 Å². The van der Waals surface area contributed by atoms with Gasteiger partial charge in [-0.2, -0.15) is 0 Å². The Morgan fingerprint density at radius 3 is 3.00 bits per heavy atom. The molecule has 1 unspecified atom stereocenters. The summed E-state index contributed by atoms with van der Waals surface area (Å²) < 4.78 is 0. The molecule has 0 bridgehead atoms. The molecule has 0 saturated carbocycles. The fourth-order valence-corrected chi connectivity index (χ4v) is 2.51. The van der Waals surface area contributed by atoms with Crippen LogP contribution in [0, 0.1) is 0 Å². The lowest BCUT2D eigenvalue weighted by atomic mass is 10.1. The molecule has 0 radical (unpaired) electrons. The number of benzene rings is 1. The molecular formula is C12H15Br2N. The van der Waals surface area contributed by atoms with E-state index < -0.39 is 0 Å². The van der Waals surface area contributed by atoms with Crippen LogP contribution in [0.15, 0.2) is 24.3 Å². The molecule has 2 atom stereocenters. The van der Waals surface area contributed by atoms with Gasteiger partial charge in [-0.25, -0.2) is 0 Å². The number of alkyl halides is 2. The smallest absolute Gasteiger partial charge is 0.0367 e. The molecular weight excluding hydrogens is 318 g/mol. The van der Waals surface area contributed by atoms with Crippen LogP contribution in [0.1, 0.15) is 23.6 Å². The van der Waals surface area contributed by atoms with E-state index in [1.807, 2.05) is 0 Å². The highest BCUT2D eigenvalue weighted by atomic mass is 79.9. The van der Waals surface area contributed by atoms with Gasteiger partial charge < -0.3 is 5.32 Å². The first-order valence-electron chi connectivity index (χ1n) is 5.32. The van der Waals surface area contributed by atoms with Crippen molar-refractivity contribution in [3.05, 3.63) is 35.4 Å². The van der Waals surface area contributed by atoms with Crippen molar-refractivity contribution in [2.75, 3.05) is 11.9 Å². The van der Waals surface area contributed by atoms with E-state index in [0.29, 0.717) is 10.9 Å². The summed E-state index contributed by atoms with van der Waals surface area (Å²) in [7, 11) is 0. The minimum Gasteiger partial charge on any atom is -0.309 e. The number of hydrogen-bond acceptors (Lipinski definition) is 1. The zero-order valence-corrected chi connectivity index (χ0v) is 11.7. The quantitative estimate of drug-likeness (QED) is 0.833. The lowest BCUT2D eigenvalue weighted by Crippen LogP contribution is -2.27. The Labute approximate surface area is 108 Å². The Balaban J connectivity index is 1.96. The molecule has 82 valence electrons. The Kier molecular flexibility index (Phi) is 4.23. The van der Waals surface area contributed by atoms with Crippen molar-refractivity contribution < 1.29 is 0 Å². The average Bonchev–Trinajstić information content (AvgIpc) is 2.69. The van der Waals surface area contributed by atoms with Crippen molar-refractivity contribution in [1.29, 1.82) is 0 Å². The molecule has 1 aliphatic rings. The first-order chi connectivity index (χ1) is 7.31. The molecule has 15 heavy (non-hydrogen) atoms. The number of aryl methyl sites for hydroxylation is 1. The van der Waals surface area contributed by atoms with Crippen LogP contribution in [-0.4, -0.2) is 16.7 Å². The molecule has 0 aromatic heterocycles. The number of rotatable bonds is 4. The van der Waals surface area contributed by atoms with Gasteiger partial charge in [0.15, 0.2) is 0 Å². The molecule has 0 fully saturated rings. The molecule has 3 heteroatoms. The summed E-state index contributed by atoms with van der Waals surface area (Å²) in [5, 5.41) is 4.61. The van der Waals surface area contributed by atoms with E-state index in [-0.39, 0.29) is 0 Å². The molecule has 0 aliphatic heterocycles. The van der Waals surface area contributed by atoms with Crippen LogP contribution in [0.4, 0.5) is 0 Å². The Hall–Kier alpha value is 0.140. The summed E-state index contributed by atoms with van der Waals surface area (Å²) in [6.07, 6.45) is 2.45. The summed E-state index contributed by atoms with van der Waals surface area (Å²) in [6, 6.07) is 9.31. The van der Waals surface area contributed by atoms with Gasteiger partial charge in [0.1, 0.15) is 0 Å². The van der Waals surface area contributed by atoms with Crippen molar-refractivity contribution in [2.45, 2.75) is 23.7 Å². The second-order valence-corrected chi connectivity index (χ2v) is 5.89. The average molecular weight is 333 g/mol. The van der Waals surface area contributed by atoms with Crippen LogP contribution < -0.4 is 5.32 Å². The lowest BCUT2D eigenvalue weighted by Gasteiger charge is -2.15. The fraction of sp³-hybridized carbons (Fsp3) is 0.500. The van der Waals surface area contributed by atoms with Crippen molar-refractivity contribution in [3.8, 4) is 0 Å². The summed E-state index contributed by atoms with van der Waals surface area (Å²) in [5.41, 5.74) is 3.01. The molecule has 1 aromatic carbocycles. The minimum atomic E-state index is 0.519. The van der Waals surface area contributed by atoms with Crippen LogP contribution in [-0.2, 0) is 6.42 Å². The molecule has 2 rings (SSSR count). The second-order valence-electron chi connectivity index (χ2n) is 3.95. The molecule has 0 saturated heterocycles. The Morgan fingerprint density at radius 1 is 1.40 bits per heavy atom. The van der Waals surface area contributed by atoms with Crippen molar-refractivity contribution in [3.63, 3.8) is 0 Å². The van der Waals surface area contributed by atoms with E-state index in [2.05, 4.69) is 61.4 Å². The summed E-state index contributed by atoms with van der Waals surface area (Å²) in [4.78, 5) is 0.519. The van der Waals surface area contributed by atoms with Crippen LogP contribution in [0.5, 0.6) is 0 Å². The van der Waals surface area contributed by atoms with Crippen LogP contribution >= 0.6 is 31.9 Å². The zero-order chi connectivity index (χ0) is 10.7. The van der Waals surface area contributed by atoms with Crippen molar-refractivity contribution in [2.24, 2.45) is 0 Å². The van der Waals surface area contributed by atoms with E-state index in [0.717, 1.165) is 11.9 Å². The van der Waals surface area contributed by atoms with Crippen LogP contribution in [0.2, 0.25) is 0 Å². The number of halogens is 2. The highest BCUT2D eigenvalue weighted by Crippen LogP contribution is 2.30. The Morgan fingerprint density at radius 2 is 2.20 bits per heavy atom. The zero-order valence-electron chi connectivity index (χ0n) is 8.55. The van der Waals surface area contributed by atoms with Gasteiger partial charge in [0.25, 0.3) is 0 Å². The number of fused-ring (bicyclic) bond motifs is 1.